The lowest BCUT2D eigenvalue weighted by atomic mass is 9.95. The molecule has 19 heavy (non-hydrogen) atoms. The van der Waals surface area contributed by atoms with Gasteiger partial charge in [-0.15, -0.1) is 0 Å². The van der Waals surface area contributed by atoms with E-state index in [9.17, 15) is 14.7 Å². The molecular weight excluding hydrogens is 242 g/mol. The van der Waals surface area contributed by atoms with Gasteiger partial charge in [-0.25, -0.2) is 0 Å². The average molecular weight is 265 g/mol. The lowest BCUT2D eigenvalue weighted by Crippen LogP contribution is -2.42. The normalized spacial score (nSPS) is 28.6. The summed E-state index contributed by atoms with van der Waals surface area (Å²) >= 11 is 0. The van der Waals surface area contributed by atoms with Gasteiger partial charge in [-0.05, 0) is 38.5 Å². The first kappa shape index (κ1) is 14.1. The summed E-state index contributed by atoms with van der Waals surface area (Å²) in [5.74, 6) is -0.756. The minimum Gasteiger partial charge on any atom is -0.481 e. The molecule has 0 aliphatic heterocycles. The molecule has 4 heteroatoms. The second kappa shape index (κ2) is 6.22. The molecule has 2 fully saturated rings. The highest BCUT2D eigenvalue weighted by Crippen LogP contribution is 2.35. The van der Waals surface area contributed by atoms with Crippen LogP contribution in [0.5, 0.6) is 0 Å². The Morgan fingerprint density at radius 3 is 2.42 bits per heavy atom. The van der Waals surface area contributed by atoms with Crippen LogP contribution in [-0.2, 0) is 9.59 Å². The number of rotatable bonds is 4. The maximum Gasteiger partial charge on any atom is 0.308 e. The molecule has 1 amide bonds. The van der Waals surface area contributed by atoms with E-state index in [0.29, 0.717) is 12.3 Å². The van der Waals surface area contributed by atoms with Crippen LogP contribution in [0, 0.1) is 11.8 Å². The molecule has 0 heterocycles. The van der Waals surface area contributed by atoms with Gasteiger partial charge < -0.3 is 10.4 Å². The van der Waals surface area contributed by atoms with Gasteiger partial charge in [0, 0.05) is 12.1 Å². The molecule has 2 atom stereocenters. The van der Waals surface area contributed by atoms with Gasteiger partial charge in [0.1, 0.15) is 0 Å². The predicted molar refractivity (Wildman–Crippen MR) is 72.6 cm³/mol. The molecule has 2 saturated carbocycles. The molecule has 2 aliphatic carbocycles. The van der Waals surface area contributed by atoms with Crippen molar-refractivity contribution < 1.29 is 14.7 Å². The van der Waals surface area contributed by atoms with Crippen molar-refractivity contribution in [3.63, 3.8) is 0 Å². The first-order valence-corrected chi connectivity index (χ1v) is 7.29. The van der Waals surface area contributed by atoms with E-state index in [0.717, 1.165) is 31.3 Å². The van der Waals surface area contributed by atoms with Crippen LogP contribution >= 0.6 is 0 Å². The topological polar surface area (TPSA) is 66.4 Å². The molecule has 0 aromatic heterocycles. The SMILES string of the molecule is C/C(=C/C(=O)N[C@@H]1CCCCC[C@@H]1C(=O)O)C1CC1. The monoisotopic (exact) mass is 265 g/mol. The van der Waals surface area contributed by atoms with Crippen LogP contribution in [0.15, 0.2) is 11.6 Å². The van der Waals surface area contributed by atoms with Crippen molar-refractivity contribution in [3.05, 3.63) is 11.6 Å². The number of allylic oxidation sites excluding steroid dienone is 1. The zero-order valence-electron chi connectivity index (χ0n) is 11.5. The van der Waals surface area contributed by atoms with Crippen LogP contribution in [-0.4, -0.2) is 23.0 Å². The summed E-state index contributed by atoms with van der Waals surface area (Å²) in [7, 11) is 0. The standard InChI is InChI=1S/C15H23NO3/c1-10(11-7-8-11)9-14(17)16-13-6-4-2-3-5-12(13)15(18)19/h9,11-13H,2-8H2,1H3,(H,16,17)(H,18,19)/b10-9-/t12-,13+/m0/s1. The highest BCUT2D eigenvalue weighted by Gasteiger charge is 2.30. The number of carboxylic acids is 1. The number of carbonyl (C=O) groups is 2. The maximum absolute atomic E-state index is 12.0. The maximum atomic E-state index is 12.0. The Morgan fingerprint density at radius 1 is 1.11 bits per heavy atom. The molecule has 0 bridgehead atoms. The molecule has 0 spiro atoms. The Morgan fingerprint density at radius 2 is 1.79 bits per heavy atom. The lowest BCUT2D eigenvalue weighted by molar-refractivity contribution is -0.143. The number of carbonyl (C=O) groups excluding carboxylic acids is 1. The van der Waals surface area contributed by atoms with Crippen molar-refractivity contribution in [2.75, 3.05) is 0 Å². The Hall–Kier alpha value is -1.32. The molecule has 2 rings (SSSR count). The molecule has 2 N–H and O–H groups in total. The van der Waals surface area contributed by atoms with Gasteiger partial charge in [0.25, 0.3) is 0 Å². The van der Waals surface area contributed by atoms with E-state index in [4.69, 9.17) is 0 Å². The molecule has 2 aliphatic rings. The fourth-order valence-electron chi connectivity index (χ4n) is 2.86. The van der Waals surface area contributed by atoms with Gasteiger partial charge in [0.2, 0.25) is 5.91 Å². The van der Waals surface area contributed by atoms with Crippen molar-refractivity contribution in [2.24, 2.45) is 11.8 Å². The van der Waals surface area contributed by atoms with Gasteiger partial charge in [-0.1, -0.05) is 24.8 Å². The van der Waals surface area contributed by atoms with Crippen molar-refractivity contribution in [3.8, 4) is 0 Å². The fourth-order valence-corrected chi connectivity index (χ4v) is 2.86. The highest BCUT2D eigenvalue weighted by atomic mass is 16.4. The minimum absolute atomic E-state index is 0.123. The van der Waals surface area contributed by atoms with Crippen LogP contribution < -0.4 is 5.32 Å². The second-order valence-electron chi connectivity index (χ2n) is 5.86. The van der Waals surface area contributed by atoms with Crippen molar-refractivity contribution in [1.29, 1.82) is 0 Å². The first-order valence-electron chi connectivity index (χ1n) is 7.29. The van der Waals surface area contributed by atoms with E-state index in [-0.39, 0.29) is 11.9 Å². The zero-order valence-corrected chi connectivity index (χ0v) is 11.5. The second-order valence-corrected chi connectivity index (χ2v) is 5.86. The Kier molecular flexibility index (Phi) is 4.61. The Bertz CT molecular complexity index is 385. The first-order chi connectivity index (χ1) is 9.08. The van der Waals surface area contributed by atoms with Gasteiger partial charge in [-0.2, -0.15) is 0 Å². The number of amides is 1. The van der Waals surface area contributed by atoms with Crippen molar-refractivity contribution in [2.45, 2.75) is 57.9 Å². The summed E-state index contributed by atoms with van der Waals surface area (Å²) in [5.41, 5.74) is 1.12. The summed E-state index contributed by atoms with van der Waals surface area (Å²) in [6.45, 7) is 1.99. The van der Waals surface area contributed by atoms with Crippen LogP contribution in [0.4, 0.5) is 0 Å². The smallest absolute Gasteiger partial charge is 0.308 e. The lowest BCUT2D eigenvalue weighted by Gasteiger charge is -2.22. The minimum atomic E-state index is -0.782. The number of aliphatic carboxylic acids is 1. The van der Waals surface area contributed by atoms with Crippen molar-refractivity contribution in [1.82, 2.24) is 5.32 Å². The fraction of sp³-hybridized carbons (Fsp3) is 0.733. The number of nitrogens with one attached hydrogen (secondary N) is 1. The van der Waals surface area contributed by atoms with Crippen LogP contribution in [0.2, 0.25) is 0 Å². The van der Waals surface area contributed by atoms with Gasteiger partial charge >= 0.3 is 5.97 Å². The molecule has 4 nitrogen and oxygen atoms in total. The Labute approximate surface area is 114 Å². The summed E-state index contributed by atoms with van der Waals surface area (Å²) in [5, 5.41) is 12.2. The zero-order chi connectivity index (χ0) is 13.8. The third-order valence-electron chi connectivity index (χ3n) is 4.24. The number of hydrogen-bond donors (Lipinski definition) is 2. The van der Waals surface area contributed by atoms with E-state index >= 15 is 0 Å². The summed E-state index contributed by atoms with van der Waals surface area (Å²) in [6.07, 6.45) is 8.47. The van der Waals surface area contributed by atoms with E-state index in [1.54, 1.807) is 6.08 Å². The molecule has 0 saturated heterocycles. The molecule has 0 aromatic rings. The Balaban J connectivity index is 1.95. The molecular formula is C15H23NO3. The third-order valence-corrected chi connectivity index (χ3v) is 4.24. The largest absolute Gasteiger partial charge is 0.481 e. The van der Waals surface area contributed by atoms with E-state index in [2.05, 4.69) is 5.32 Å². The quantitative estimate of drug-likeness (QED) is 0.606. The van der Waals surface area contributed by atoms with Crippen molar-refractivity contribution >= 4 is 11.9 Å². The summed E-state index contributed by atoms with van der Waals surface area (Å²) in [4.78, 5) is 23.2. The van der Waals surface area contributed by atoms with E-state index in [1.807, 2.05) is 6.92 Å². The van der Waals surface area contributed by atoms with Crippen LogP contribution in [0.3, 0.4) is 0 Å². The molecule has 0 radical (unpaired) electrons. The molecule has 0 unspecified atom stereocenters. The molecule has 106 valence electrons. The third kappa shape index (κ3) is 4.08. The van der Waals surface area contributed by atoms with Gasteiger partial charge in [0.15, 0.2) is 0 Å². The number of carboxylic acid groups (broad SMARTS) is 1. The number of hydrogen-bond acceptors (Lipinski definition) is 2. The van der Waals surface area contributed by atoms with Crippen LogP contribution in [0.25, 0.3) is 0 Å². The predicted octanol–water partition coefficient (Wildman–Crippen LogP) is 2.49. The molecule has 0 aromatic carbocycles. The summed E-state index contributed by atoms with van der Waals surface area (Å²) < 4.78 is 0. The van der Waals surface area contributed by atoms with Gasteiger partial charge in [0.05, 0.1) is 5.92 Å². The highest BCUT2D eigenvalue weighted by molar-refractivity contribution is 5.89. The summed E-state index contributed by atoms with van der Waals surface area (Å²) in [6, 6.07) is -0.212. The average Bonchev–Trinajstić information content (AvgIpc) is 3.15. The van der Waals surface area contributed by atoms with E-state index in [1.165, 1.54) is 12.8 Å². The van der Waals surface area contributed by atoms with Gasteiger partial charge in [-0.3, -0.25) is 9.59 Å². The van der Waals surface area contributed by atoms with E-state index < -0.39 is 11.9 Å². The van der Waals surface area contributed by atoms with Crippen LogP contribution in [0.1, 0.15) is 51.9 Å².